The van der Waals surface area contributed by atoms with Crippen LogP contribution >= 0.6 is 11.6 Å². The van der Waals surface area contributed by atoms with Crippen molar-refractivity contribution in [1.29, 1.82) is 0 Å². The summed E-state index contributed by atoms with van der Waals surface area (Å²) in [7, 11) is 0. The highest BCUT2D eigenvalue weighted by atomic mass is 35.5. The fourth-order valence-electron chi connectivity index (χ4n) is 0.745. The summed E-state index contributed by atoms with van der Waals surface area (Å²) in [6.07, 6.45) is -0.0313. The van der Waals surface area contributed by atoms with Gasteiger partial charge in [-0.05, 0) is 38.1 Å². The highest BCUT2D eigenvalue weighted by Gasteiger charge is 1.95. The molecule has 0 fully saturated rings. The SMILES string of the molecule is [CH2]C(C)Oc1ccc(Cl)cc1. The van der Waals surface area contributed by atoms with Crippen LogP contribution in [-0.2, 0) is 0 Å². The summed E-state index contributed by atoms with van der Waals surface area (Å²) in [5.74, 6) is 0.803. The van der Waals surface area contributed by atoms with Crippen LogP contribution in [0.25, 0.3) is 0 Å². The second-order valence-corrected chi connectivity index (χ2v) is 2.82. The van der Waals surface area contributed by atoms with E-state index in [2.05, 4.69) is 6.92 Å². The largest absolute Gasteiger partial charge is 0.491 e. The summed E-state index contributed by atoms with van der Waals surface area (Å²) in [5, 5.41) is 0.717. The summed E-state index contributed by atoms with van der Waals surface area (Å²) >= 11 is 5.68. The lowest BCUT2D eigenvalue weighted by atomic mass is 10.3. The monoisotopic (exact) mass is 169 g/mol. The third-order valence-electron chi connectivity index (χ3n) is 1.15. The van der Waals surface area contributed by atoms with Gasteiger partial charge in [-0.15, -0.1) is 0 Å². The number of benzene rings is 1. The van der Waals surface area contributed by atoms with Gasteiger partial charge in [-0.2, -0.15) is 0 Å². The van der Waals surface area contributed by atoms with Crippen molar-refractivity contribution in [2.75, 3.05) is 0 Å². The Labute approximate surface area is 71.9 Å². The minimum absolute atomic E-state index is 0.0313. The van der Waals surface area contributed by atoms with E-state index in [0.29, 0.717) is 5.02 Å². The summed E-state index contributed by atoms with van der Waals surface area (Å²) in [6, 6.07) is 7.23. The number of rotatable bonds is 2. The average Bonchev–Trinajstić information content (AvgIpc) is 1.93. The molecular formula is C9H10ClO. The zero-order valence-corrected chi connectivity index (χ0v) is 7.14. The van der Waals surface area contributed by atoms with E-state index >= 15 is 0 Å². The molecule has 0 spiro atoms. The highest BCUT2D eigenvalue weighted by molar-refractivity contribution is 6.30. The first-order valence-corrected chi connectivity index (χ1v) is 3.81. The number of hydrogen-bond donors (Lipinski definition) is 0. The van der Waals surface area contributed by atoms with E-state index in [1.807, 2.05) is 19.1 Å². The van der Waals surface area contributed by atoms with Gasteiger partial charge >= 0.3 is 0 Å². The number of halogens is 1. The van der Waals surface area contributed by atoms with Crippen molar-refractivity contribution in [2.24, 2.45) is 0 Å². The topological polar surface area (TPSA) is 9.23 Å². The lowest BCUT2D eigenvalue weighted by Gasteiger charge is -2.08. The molecule has 1 rings (SSSR count). The minimum Gasteiger partial charge on any atom is -0.491 e. The maximum atomic E-state index is 5.68. The van der Waals surface area contributed by atoms with Crippen LogP contribution in [0.3, 0.4) is 0 Å². The molecule has 0 aromatic heterocycles. The van der Waals surface area contributed by atoms with Crippen LogP contribution in [-0.4, -0.2) is 6.10 Å². The molecule has 1 radical (unpaired) electrons. The van der Waals surface area contributed by atoms with E-state index in [0.717, 1.165) is 5.75 Å². The van der Waals surface area contributed by atoms with E-state index in [-0.39, 0.29) is 6.10 Å². The van der Waals surface area contributed by atoms with Gasteiger partial charge in [0.05, 0.1) is 6.10 Å². The Kier molecular flexibility index (Phi) is 2.77. The predicted molar refractivity (Wildman–Crippen MR) is 46.9 cm³/mol. The second kappa shape index (κ2) is 3.63. The van der Waals surface area contributed by atoms with E-state index in [4.69, 9.17) is 16.3 Å². The van der Waals surface area contributed by atoms with Gasteiger partial charge in [0, 0.05) is 5.02 Å². The maximum absolute atomic E-state index is 5.68. The molecule has 2 heteroatoms. The van der Waals surface area contributed by atoms with Crippen molar-refractivity contribution < 1.29 is 4.74 Å². The van der Waals surface area contributed by atoms with Crippen molar-refractivity contribution >= 4 is 11.6 Å². The van der Waals surface area contributed by atoms with Crippen molar-refractivity contribution in [1.82, 2.24) is 0 Å². The second-order valence-electron chi connectivity index (χ2n) is 2.38. The molecule has 0 saturated heterocycles. The molecule has 1 aromatic carbocycles. The van der Waals surface area contributed by atoms with Crippen molar-refractivity contribution in [3.63, 3.8) is 0 Å². The van der Waals surface area contributed by atoms with Crippen LogP contribution in [0.1, 0.15) is 6.92 Å². The first kappa shape index (κ1) is 8.41. The molecule has 0 bridgehead atoms. The fraction of sp³-hybridized carbons (Fsp3) is 0.222. The molecule has 1 aromatic rings. The highest BCUT2D eigenvalue weighted by Crippen LogP contribution is 2.16. The third kappa shape index (κ3) is 2.81. The molecule has 11 heavy (non-hydrogen) atoms. The molecule has 1 nitrogen and oxygen atoms in total. The predicted octanol–water partition coefficient (Wildman–Crippen LogP) is 2.94. The van der Waals surface area contributed by atoms with E-state index in [9.17, 15) is 0 Å². The molecule has 0 amide bonds. The summed E-state index contributed by atoms with van der Waals surface area (Å²) in [5.41, 5.74) is 0. The molecule has 1 atom stereocenters. The van der Waals surface area contributed by atoms with Gasteiger partial charge < -0.3 is 4.74 Å². The van der Waals surface area contributed by atoms with Crippen molar-refractivity contribution in [3.05, 3.63) is 36.2 Å². The van der Waals surface area contributed by atoms with Gasteiger partial charge in [-0.25, -0.2) is 0 Å². The molecule has 0 aliphatic carbocycles. The molecule has 0 aliphatic rings. The Bertz CT molecular complexity index is 216. The zero-order chi connectivity index (χ0) is 8.27. The minimum atomic E-state index is -0.0313. The molecule has 0 aliphatic heterocycles. The van der Waals surface area contributed by atoms with Crippen LogP contribution in [0.5, 0.6) is 5.75 Å². The Morgan fingerprint density at radius 1 is 1.36 bits per heavy atom. The summed E-state index contributed by atoms with van der Waals surface area (Å²) in [4.78, 5) is 0. The molecule has 0 saturated carbocycles. The van der Waals surface area contributed by atoms with Crippen molar-refractivity contribution in [3.8, 4) is 5.75 Å². The third-order valence-corrected chi connectivity index (χ3v) is 1.40. The first-order valence-electron chi connectivity index (χ1n) is 3.44. The van der Waals surface area contributed by atoms with Gasteiger partial charge in [0.15, 0.2) is 0 Å². The van der Waals surface area contributed by atoms with Gasteiger partial charge in [0.25, 0.3) is 0 Å². The molecule has 1 unspecified atom stereocenters. The Morgan fingerprint density at radius 2 is 1.91 bits per heavy atom. The smallest absolute Gasteiger partial charge is 0.119 e. The van der Waals surface area contributed by atoms with Crippen LogP contribution in [0, 0.1) is 6.92 Å². The first-order chi connectivity index (χ1) is 5.18. The van der Waals surface area contributed by atoms with Gasteiger partial charge in [-0.1, -0.05) is 11.6 Å². The Morgan fingerprint density at radius 3 is 2.36 bits per heavy atom. The maximum Gasteiger partial charge on any atom is 0.119 e. The molecule has 59 valence electrons. The average molecular weight is 170 g/mol. The lowest BCUT2D eigenvalue weighted by molar-refractivity contribution is 0.267. The zero-order valence-electron chi connectivity index (χ0n) is 6.38. The number of ether oxygens (including phenoxy) is 1. The number of hydrogen-bond acceptors (Lipinski definition) is 1. The van der Waals surface area contributed by atoms with E-state index in [1.54, 1.807) is 12.1 Å². The van der Waals surface area contributed by atoms with Gasteiger partial charge in [0.1, 0.15) is 5.75 Å². The molecular weight excluding hydrogens is 160 g/mol. The normalized spacial score (nSPS) is 10.2. The van der Waals surface area contributed by atoms with Crippen LogP contribution in [0.2, 0.25) is 5.02 Å². The van der Waals surface area contributed by atoms with Crippen LogP contribution in [0.15, 0.2) is 24.3 Å². The van der Waals surface area contributed by atoms with Gasteiger partial charge in [-0.3, -0.25) is 0 Å². The summed E-state index contributed by atoms with van der Waals surface area (Å²) in [6.45, 7) is 5.58. The molecule has 0 heterocycles. The van der Waals surface area contributed by atoms with Crippen LogP contribution < -0.4 is 4.74 Å². The molecule has 0 N–H and O–H groups in total. The lowest BCUT2D eigenvalue weighted by Crippen LogP contribution is -2.05. The quantitative estimate of drug-likeness (QED) is 0.662. The Balaban J connectivity index is 2.66. The standard InChI is InChI=1S/C9H10ClO/c1-7(2)11-9-5-3-8(10)4-6-9/h3-7H,1H2,2H3. The van der Waals surface area contributed by atoms with Crippen LogP contribution in [0.4, 0.5) is 0 Å². The van der Waals surface area contributed by atoms with E-state index in [1.165, 1.54) is 0 Å². The Hall–Kier alpha value is -0.690. The summed E-state index contributed by atoms with van der Waals surface area (Å²) < 4.78 is 5.30. The van der Waals surface area contributed by atoms with Gasteiger partial charge in [0.2, 0.25) is 0 Å². The fourth-order valence-corrected chi connectivity index (χ4v) is 0.871. The van der Waals surface area contributed by atoms with Crippen molar-refractivity contribution in [2.45, 2.75) is 13.0 Å². The van der Waals surface area contributed by atoms with E-state index < -0.39 is 0 Å².